The molecule has 18 heavy (non-hydrogen) atoms. The van der Waals surface area contributed by atoms with E-state index in [1.165, 1.54) is 5.69 Å². The molecule has 2 aromatic heterocycles. The molecule has 0 aliphatic rings. The molecular weight excluding hydrogens is 226 g/mol. The van der Waals surface area contributed by atoms with Gasteiger partial charge in [0.2, 0.25) is 0 Å². The van der Waals surface area contributed by atoms with Crippen LogP contribution in [0.1, 0.15) is 37.6 Å². The van der Waals surface area contributed by atoms with Gasteiger partial charge in [-0.25, -0.2) is 0 Å². The molecule has 5 nitrogen and oxygen atoms in total. The molecule has 1 atom stereocenters. The predicted molar refractivity (Wildman–Crippen MR) is 72.5 cm³/mol. The number of hydrogen-bond acceptors (Lipinski definition) is 3. The van der Waals surface area contributed by atoms with Crippen molar-refractivity contribution in [2.24, 2.45) is 7.05 Å². The zero-order valence-electron chi connectivity index (χ0n) is 11.5. The Bertz CT molecular complexity index is 492. The molecule has 0 aliphatic heterocycles. The molecule has 0 saturated heterocycles. The van der Waals surface area contributed by atoms with E-state index in [4.69, 9.17) is 0 Å². The molecule has 2 aromatic rings. The molecule has 2 rings (SSSR count). The average molecular weight is 247 g/mol. The molecular formula is C13H21N5. The predicted octanol–water partition coefficient (Wildman–Crippen LogP) is 2.51. The van der Waals surface area contributed by atoms with Crippen LogP contribution in [-0.2, 0) is 13.6 Å². The topological polar surface area (TPSA) is 47.7 Å². The van der Waals surface area contributed by atoms with Crippen molar-refractivity contribution in [1.29, 1.82) is 0 Å². The number of aryl methyl sites for hydroxylation is 2. The first-order valence-electron chi connectivity index (χ1n) is 6.38. The summed E-state index contributed by atoms with van der Waals surface area (Å²) in [5.41, 5.74) is 2.36. The van der Waals surface area contributed by atoms with E-state index < -0.39 is 0 Å². The van der Waals surface area contributed by atoms with Crippen LogP contribution in [0, 0.1) is 6.92 Å². The Hall–Kier alpha value is -1.78. The van der Waals surface area contributed by atoms with Crippen LogP contribution in [0.5, 0.6) is 0 Å². The van der Waals surface area contributed by atoms with Crippen LogP contribution in [-0.4, -0.2) is 19.6 Å². The van der Waals surface area contributed by atoms with Crippen LogP contribution in [0.2, 0.25) is 0 Å². The highest BCUT2D eigenvalue weighted by atomic mass is 15.3. The molecule has 0 spiro atoms. The van der Waals surface area contributed by atoms with Crippen LogP contribution < -0.4 is 5.32 Å². The van der Waals surface area contributed by atoms with Gasteiger partial charge in [-0.05, 0) is 26.3 Å². The molecule has 0 fully saturated rings. The van der Waals surface area contributed by atoms with E-state index in [9.17, 15) is 0 Å². The van der Waals surface area contributed by atoms with Crippen molar-refractivity contribution < 1.29 is 0 Å². The van der Waals surface area contributed by atoms with Crippen molar-refractivity contribution in [2.45, 2.75) is 39.8 Å². The molecule has 1 N–H and O–H groups in total. The smallest absolute Gasteiger partial charge is 0.127 e. The second kappa shape index (κ2) is 5.25. The van der Waals surface area contributed by atoms with Gasteiger partial charge in [0.05, 0.1) is 18.4 Å². The monoisotopic (exact) mass is 247 g/mol. The lowest BCUT2D eigenvalue weighted by atomic mass is 10.2. The lowest BCUT2D eigenvalue weighted by Crippen LogP contribution is -2.14. The van der Waals surface area contributed by atoms with Crippen molar-refractivity contribution in [3.8, 4) is 0 Å². The van der Waals surface area contributed by atoms with Gasteiger partial charge < -0.3 is 5.32 Å². The molecule has 0 radical (unpaired) electrons. The van der Waals surface area contributed by atoms with E-state index in [0.29, 0.717) is 6.04 Å². The summed E-state index contributed by atoms with van der Waals surface area (Å²) < 4.78 is 3.94. The molecule has 0 aliphatic carbocycles. The quantitative estimate of drug-likeness (QED) is 0.883. The molecule has 0 bridgehead atoms. The summed E-state index contributed by atoms with van der Waals surface area (Å²) in [5, 5.41) is 12.0. The summed E-state index contributed by atoms with van der Waals surface area (Å²) in [5.74, 6) is 1.06. The lowest BCUT2D eigenvalue weighted by Gasteiger charge is -2.15. The number of rotatable bonds is 5. The molecule has 2 heterocycles. The number of nitrogens with one attached hydrogen (secondary N) is 1. The number of nitrogens with zero attached hydrogens (tertiary/aromatic N) is 4. The Morgan fingerprint density at radius 1 is 1.39 bits per heavy atom. The SMILES string of the molecule is CCC(C)n1nccc1CNc1c(C)cnn1C. The number of aromatic nitrogens is 4. The molecule has 0 saturated carbocycles. The third-order valence-electron chi connectivity index (χ3n) is 3.32. The molecule has 1 unspecified atom stereocenters. The third-order valence-corrected chi connectivity index (χ3v) is 3.32. The zero-order valence-corrected chi connectivity index (χ0v) is 11.5. The largest absolute Gasteiger partial charge is 0.364 e. The van der Waals surface area contributed by atoms with Gasteiger partial charge in [-0.2, -0.15) is 10.2 Å². The average Bonchev–Trinajstić information content (AvgIpc) is 2.94. The lowest BCUT2D eigenvalue weighted by molar-refractivity contribution is 0.462. The van der Waals surface area contributed by atoms with Gasteiger partial charge in [-0.3, -0.25) is 9.36 Å². The fourth-order valence-electron chi connectivity index (χ4n) is 2.03. The molecule has 0 aromatic carbocycles. The summed E-state index contributed by atoms with van der Waals surface area (Å²) in [4.78, 5) is 0. The van der Waals surface area contributed by atoms with Gasteiger partial charge >= 0.3 is 0 Å². The van der Waals surface area contributed by atoms with Crippen molar-refractivity contribution in [2.75, 3.05) is 5.32 Å². The van der Waals surface area contributed by atoms with Gasteiger partial charge in [0.25, 0.3) is 0 Å². The summed E-state index contributed by atoms with van der Waals surface area (Å²) in [6.45, 7) is 7.19. The standard InChI is InChI=1S/C13H21N5/c1-5-11(3)18-12(6-7-15-18)9-14-13-10(2)8-16-17(13)4/h6-8,11,14H,5,9H2,1-4H3. The summed E-state index contributed by atoms with van der Waals surface area (Å²) >= 11 is 0. The highest BCUT2D eigenvalue weighted by molar-refractivity contribution is 5.42. The second-order valence-corrected chi connectivity index (χ2v) is 4.68. The fourth-order valence-corrected chi connectivity index (χ4v) is 2.03. The Labute approximate surface area is 108 Å². The Morgan fingerprint density at radius 3 is 2.78 bits per heavy atom. The summed E-state index contributed by atoms with van der Waals surface area (Å²) in [7, 11) is 1.95. The van der Waals surface area contributed by atoms with E-state index in [2.05, 4.69) is 47.0 Å². The second-order valence-electron chi connectivity index (χ2n) is 4.68. The van der Waals surface area contributed by atoms with Gasteiger partial charge in [0.15, 0.2) is 0 Å². The van der Waals surface area contributed by atoms with Gasteiger partial charge in [-0.1, -0.05) is 6.92 Å². The van der Waals surface area contributed by atoms with Crippen molar-refractivity contribution in [3.63, 3.8) is 0 Å². The highest BCUT2D eigenvalue weighted by Crippen LogP contribution is 2.16. The van der Waals surface area contributed by atoms with Gasteiger partial charge in [0.1, 0.15) is 5.82 Å². The Kier molecular flexibility index (Phi) is 3.69. The Balaban J connectivity index is 2.09. The van der Waals surface area contributed by atoms with E-state index in [1.54, 1.807) is 0 Å². The van der Waals surface area contributed by atoms with Crippen LogP contribution in [0.25, 0.3) is 0 Å². The number of hydrogen-bond donors (Lipinski definition) is 1. The van der Waals surface area contributed by atoms with E-state index in [-0.39, 0.29) is 0 Å². The molecule has 0 amide bonds. The zero-order chi connectivity index (χ0) is 13.1. The first-order chi connectivity index (χ1) is 8.63. The van der Waals surface area contributed by atoms with E-state index in [0.717, 1.165) is 24.3 Å². The maximum Gasteiger partial charge on any atom is 0.127 e. The minimum Gasteiger partial charge on any atom is -0.364 e. The number of anilines is 1. The van der Waals surface area contributed by atoms with E-state index in [1.807, 2.05) is 24.1 Å². The Morgan fingerprint density at radius 2 is 2.17 bits per heavy atom. The third kappa shape index (κ3) is 2.39. The maximum atomic E-state index is 4.39. The van der Waals surface area contributed by atoms with Crippen molar-refractivity contribution in [1.82, 2.24) is 19.6 Å². The minimum atomic E-state index is 0.435. The molecule has 5 heteroatoms. The summed E-state index contributed by atoms with van der Waals surface area (Å²) in [6, 6.07) is 2.50. The summed E-state index contributed by atoms with van der Waals surface area (Å²) in [6.07, 6.45) is 4.81. The normalized spacial score (nSPS) is 12.7. The van der Waals surface area contributed by atoms with Crippen LogP contribution in [0.3, 0.4) is 0 Å². The molecule has 98 valence electrons. The van der Waals surface area contributed by atoms with E-state index >= 15 is 0 Å². The first kappa shape index (κ1) is 12.7. The fraction of sp³-hybridized carbons (Fsp3) is 0.538. The van der Waals surface area contributed by atoms with Gasteiger partial charge in [0, 0.05) is 24.8 Å². The van der Waals surface area contributed by atoms with Crippen LogP contribution >= 0.6 is 0 Å². The van der Waals surface area contributed by atoms with Crippen LogP contribution in [0.15, 0.2) is 18.5 Å². The minimum absolute atomic E-state index is 0.435. The van der Waals surface area contributed by atoms with Crippen molar-refractivity contribution >= 4 is 5.82 Å². The van der Waals surface area contributed by atoms with Crippen molar-refractivity contribution in [3.05, 3.63) is 29.7 Å². The van der Waals surface area contributed by atoms with Gasteiger partial charge in [-0.15, -0.1) is 0 Å². The highest BCUT2D eigenvalue weighted by Gasteiger charge is 2.09. The first-order valence-corrected chi connectivity index (χ1v) is 6.38. The maximum absolute atomic E-state index is 4.39. The van der Waals surface area contributed by atoms with Crippen LogP contribution in [0.4, 0.5) is 5.82 Å².